The highest BCUT2D eigenvalue weighted by Crippen LogP contribution is 2.19. The van der Waals surface area contributed by atoms with E-state index in [0.717, 1.165) is 38.5 Å². The van der Waals surface area contributed by atoms with E-state index >= 15 is 0 Å². The maximum atomic E-state index is 12.2. The Morgan fingerprint density at radius 2 is 1.90 bits per heavy atom. The van der Waals surface area contributed by atoms with Crippen LogP contribution < -0.4 is 0 Å². The van der Waals surface area contributed by atoms with Crippen molar-refractivity contribution in [3.05, 3.63) is 17.2 Å². The first-order chi connectivity index (χ1) is 9.29. The Bertz CT molecular complexity index is 484. The Kier molecular flexibility index (Phi) is 4.39. The fourth-order valence-electron chi connectivity index (χ4n) is 2.35. The largest absolute Gasteiger partial charge is 0.340 e. The summed E-state index contributed by atoms with van der Waals surface area (Å²) in [5.74, 6) is 1.20. The molecule has 0 saturated carbocycles. The first kappa shape index (κ1) is 15.3. The van der Waals surface area contributed by atoms with E-state index in [1.165, 1.54) is 0 Å². The molecule has 5 nitrogen and oxygen atoms in total. The van der Waals surface area contributed by atoms with Crippen molar-refractivity contribution in [1.29, 1.82) is 0 Å². The third kappa shape index (κ3) is 3.33. The minimum Gasteiger partial charge on any atom is -0.340 e. The maximum Gasteiger partial charge on any atom is 0.228 e. The van der Waals surface area contributed by atoms with Crippen LogP contribution in [0.3, 0.4) is 0 Å². The fourth-order valence-corrected chi connectivity index (χ4v) is 2.50. The van der Waals surface area contributed by atoms with E-state index in [1.54, 1.807) is 6.20 Å². The molecule has 2 heterocycles. The van der Waals surface area contributed by atoms with Gasteiger partial charge in [-0.05, 0) is 0 Å². The Hall–Kier alpha value is -1.07. The molecular formula is C14H23ClN4O. The van der Waals surface area contributed by atoms with Gasteiger partial charge in [0.05, 0.1) is 12.7 Å². The molecule has 1 amide bonds. The van der Waals surface area contributed by atoms with Gasteiger partial charge in [0.25, 0.3) is 0 Å². The van der Waals surface area contributed by atoms with Crippen molar-refractivity contribution in [3.8, 4) is 0 Å². The van der Waals surface area contributed by atoms with E-state index in [1.807, 2.05) is 37.3 Å². The van der Waals surface area contributed by atoms with Gasteiger partial charge in [-0.3, -0.25) is 9.69 Å². The van der Waals surface area contributed by atoms with Crippen LogP contribution in [0.1, 0.15) is 26.6 Å². The SMILES string of the molecule is Cn1c(Cl)cnc1CN1CCN(C(=O)C(C)(C)C)CC1. The summed E-state index contributed by atoms with van der Waals surface area (Å²) >= 11 is 5.99. The second-order valence-corrected chi connectivity index (χ2v) is 6.76. The zero-order valence-corrected chi connectivity index (χ0v) is 13.4. The second-order valence-electron chi connectivity index (χ2n) is 6.37. The normalized spacial score (nSPS) is 17.6. The van der Waals surface area contributed by atoms with Crippen LogP contribution in [-0.2, 0) is 18.4 Å². The van der Waals surface area contributed by atoms with E-state index in [0.29, 0.717) is 5.15 Å². The van der Waals surface area contributed by atoms with Gasteiger partial charge in [0.2, 0.25) is 5.91 Å². The monoisotopic (exact) mass is 298 g/mol. The molecule has 0 spiro atoms. The number of carbonyl (C=O) groups excluding carboxylic acids is 1. The molecule has 112 valence electrons. The number of aromatic nitrogens is 2. The van der Waals surface area contributed by atoms with Crippen molar-refractivity contribution in [1.82, 2.24) is 19.4 Å². The Labute approximate surface area is 125 Å². The maximum absolute atomic E-state index is 12.2. The van der Waals surface area contributed by atoms with Crippen molar-refractivity contribution in [2.45, 2.75) is 27.3 Å². The van der Waals surface area contributed by atoms with Gasteiger partial charge in [-0.25, -0.2) is 4.98 Å². The van der Waals surface area contributed by atoms with E-state index in [9.17, 15) is 4.79 Å². The number of halogens is 1. The molecule has 20 heavy (non-hydrogen) atoms. The molecule has 1 aromatic heterocycles. The summed E-state index contributed by atoms with van der Waals surface area (Å²) in [4.78, 5) is 20.8. The molecule has 0 bridgehead atoms. The smallest absolute Gasteiger partial charge is 0.228 e. The highest BCUT2D eigenvalue weighted by molar-refractivity contribution is 6.29. The summed E-state index contributed by atoms with van der Waals surface area (Å²) in [7, 11) is 1.92. The third-order valence-electron chi connectivity index (χ3n) is 3.69. The summed E-state index contributed by atoms with van der Waals surface area (Å²) in [6.45, 7) is 10.0. The first-order valence-electron chi connectivity index (χ1n) is 6.97. The van der Waals surface area contributed by atoms with E-state index < -0.39 is 0 Å². The van der Waals surface area contributed by atoms with Crippen LogP contribution in [0.15, 0.2) is 6.20 Å². The van der Waals surface area contributed by atoms with Crippen LogP contribution in [0.25, 0.3) is 0 Å². The molecule has 1 saturated heterocycles. The lowest BCUT2D eigenvalue weighted by Gasteiger charge is -2.37. The lowest BCUT2D eigenvalue weighted by atomic mass is 9.94. The Morgan fingerprint density at radius 1 is 1.30 bits per heavy atom. The molecule has 1 aromatic rings. The molecule has 0 atom stereocenters. The summed E-state index contributed by atoms with van der Waals surface area (Å²) in [6.07, 6.45) is 1.68. The molecule has 0 aromatic carbocycles. The molecular weight excluding hydrogens is 276 g/mol. The number of imidazole rings is 1. The minimum atomic E-state index is -0.296. The van der Waals surface area contributed by atoms with Crippen molar-refractivity contribution >= 4 is 17.5 Å². The van der Waals surface area contributed by atoms with Crippen molar-refractivity contribution in [3.63, 3.8) is 0 Å². The molecule has 1 aliphatic heterocycles. The van der Waals surface area contributed by atoms with Gasteiger partial charge in [0.1, 0.15) is 11.0 Å². The molecule has 1 fully saturated rings. The van der Waals surface area contributed by atoms with Crippen molar-refractivity contribution in [2.75, 3.05) is 26.2 Å². The average molecular weight is 299 g/mol. The van der Waals surface area contributed by atoms with Gasteiger partial charge in [-0.15, -0.1) is 0 Å². The van der Waals surface area contributed by atoms with E-state index in [4.69, 9.17) is 11.6 Å². The number of piperazine rings is 1. The highest BCUT2D eigenvalue weighted by Gasteiger charge is 2.29. The molecule has 1 aliphatic rings. The van der Waals surface area contributed by atoms with Crippen LogP contribution in [0.5, 0.6) is 0 Å². The zero-order valence-electron chi connectivity index (χ0n) is 12.7. The standard InChI is InChI=1S/C14H23ClN4O/c1-14(2,3)13(20)19-7-5-18(6-8-19)10-12-16-9-11(15)17(12)4/h9H,5-8,10H2,1-4H3. The summed E-state index contributed by atoms with van der Waals surface area (Å²) in [5, 5.41) is 0.654. The molecule has 0 radical (unpaired) electrons. The minimum absolute atomic E-state index is 0.234. The average Bonchev–Trinajstić information content (AvgIpc) is 2.70. The van der Waals surface area contributed by atoms with E-state index in [2.05, 4.69) is 9.88 Å². The first-order valence-corrected chi connectivity index (χ1v) is 7.34. The van der Waals surface area contributed by atoms with Gasteiger partial charge in [0.15, 0.2) is 0 Å². The molecule has 2 rings (SSSR count). The van der Waals surface area contributed by atoms with Crippen LogP contribution in [-0.4, -0.2) is 51.4 Å². The molecule has 6 heteroatoms. The Morgan fingerprint density at radius 3 is 2.35 bits per heavy atom. The molecule has 0 unspecified atom stereocenters. The zero-order chi connectivity index (χ0) is 14.9. The number of rotatable bonds is 2. The molecule has 0 N–H and O–H groups in total. The van der Waals surface area contributed by atoms with Crippen LogP contribution >= 0.6 is 11.6 Å². The predicted octanol–water partition coefficient (Wildman–Crippen LogP) is 1.76. The van der Waals surface area contributed by atoms with E-state index in [-0.39, 0.29) is 11.3 Å². The number of carbonyl (C=O) groups is 1. The van der Waals surface area contributed by atoms with Crippen LogP contribution in [0, 0.1) is 5.41 Å². The van der Waals surface area contributed by atoms with Gasteiger partial charge in [0, 0.05) is 38.6 Å². The molecule has 0 aliphatic carbocycles. The van der Waals surface area contributed by atoms with Crippen LogP contribution in [0.4, 0.5) is 0 Å². The third-order valence-corrected chi connectivity index (χ3v) is 4.04. The van der Waals surface area contributed by atoms with Crippen molar-refractivity contribution in [2.24, 2.45) is 12.5 Å². The van der Waals surface area contributed by atoms with Crippen LogP contribution in [0.2, 0.25) is 5.15 Å². The predicted molar refractivity (Wildman–Crippen MR) is 79.5 cm³/mol. The number of amides is 1. The highest BCUT2D eigenvalue weighted by atomic mass is 35.5. The quantitative estimate of drug-likeness (QED) is 0.835. The van der Waals surface area contributed by atoms with Gasteiger partial charge >= 0.3 is 0 Å². The lowest BCUT2D eigenvalue weighted by molar-refractivity contribution is -0.141. The van der Waals surface area contributed by atoms with Crippen molar-refractivity contribution < 1.29 is 4.79 Å². The summed E-state index contributed by atoms with van der Waals surface area (Å²) < 4.78 is 1.90. The topological polar surface area (TPSA) is 41.4 Å². The number of hydrogen-bond donors (Lipinski definition) is 0. The lowest BCUT2D eigenvalue weighted by Crippen LogP contribution is -2.51. The van der Waals surface area contributed by atoms with Gasteiger partial charge < -0.3 is 9.47 Å². The fraction of sp³-hybridized carbons (Fsp3) is 0.714. The van der Waals surface area contributed by atoms with Gasteiger partial charge in [-0.1, -0.05) is 32.4 Å². The summed E-state index contributed by atoms with van der Waals surface area (Å²) in [5.41, 5.74) is -0.296. The number of hydrogen-bond acceptors (Lipinski definition) is 3. The Balaban J connectivity index is 1.89. The second kappa shape index (κ2) is 5.74. The number of nitrogens with zero attached hydrogens (tertiary/aromatic N) is 4. The summed E-state index contributed by atoms with van der Waals surface area (Å²) in [6, 6.07) is 0. The van der Waals surface area contributed by atoms with Gasteiger partial charge in [-0.2, -0.15) is 0 Å².